The predicted octanol–water partition coefficient (Wildman–Crippen LogP) is 6.38. The molecular weight excluding hydrogens is 1300 g/mol. The van der Waals surface area contributed by atoms with Crippen LogP contribution in [0, 0.1) is 0 Å². The molecule has 24 heteroatoms. The minimum absolute atomic E-state index is 0. The first-order valence-electron chi connectivity index (χ1n) is 31.5. The predicted molar refractivity (Wildman–Crippen MR) is 360 cm³/mol. The molecule has 0 saturated heterocycles. The van der Waals surface area contributed by atoms with Crippen molar-refractivity contribution in [1.82, 2.24) is 0 Å². The van der Waals surface area contributed by atoms with Gasteiger partial charge in [-0.1, -0.05) is 204 Å². The third-order valence-electron chi connectivity index (χ3n) is 13.7. The first kappa shape index (κ1) is 103. The normalized spacial score (nSPS) is 9.72. The number of aliphatic hydroxyl groups excluding tert-OH is 1. The summed E-state index contributed by atoms with van der Waals surface area (Å²) in [7, 11) is 4.00. The number of hydrogen-bond donors (Lipinski definition) is 2. The molecule has 0 radical (unpaired) electrons. The molecule has 5 aromatic carbocycles. The van der Waals surface area contributed by atoms with E-state index in [2.05, 4.69) is 46.8 Å². The number of aromatic carboxylic acids is 2. The van der Waals surface area contributed by atoms with Crippen LogP contribution in [0.3, 0.4) is 0 Å². The molecule has 0 spiro atoms. The van der Waals surface area contributed by atoms with Gasteiger partial charge in [-0.2, -0.15) is 0 Å². The molecule has 0 bridgehead atoms. The van der Waals surface area contributed by atoms with Crippen molar-refractivity contribution in [3.8, 4) is 0 Å². The summed E-state index contributed by atoms with van der Waals surface area (Å²) in [5.41, 5.74) is 4.37. The molecule has 0 fully saturated rings. The monoisotopic (exact) mass is 1400 g/mol. The number of rotatable bonds is 35. The van der Waals surface area contributed by atoms with Crippen LogP contribution in [0.2, 0.25) is 0 Å². The van der Waals surface area contributed by atoms with Crippen molar-refractivity contribution in [3.05, 3.63) is 177 Å². The second kappa shape index (κ2) is 69.2. The maximum atomic E-state index is 12.0. The van der Waals surface area contributed by atoms with Crippen LogP contribution in [-0.4, -0.2) is 102 Å². The second-order valence-electron chi connectivity index (χ2n) is 21.0. The number of ketones is 3. The van der Waals surface area contributed by atoms with E-state index in [-0.39, 0.29) is 130 Å². The minimum Gasteiger partial charge on any atom is -0.870 e. The van der Waals surface area contributed by atoms with Crippen LogP contribution in [0.1, 0.15) is 287 Å². The average molecular weight is 1400 g/mol. The number of carbonyl (C=O) groups excluding carboxylic acids is 9. The number of carbonyl (C=O) groups is 10. The van der Waals surface area contributed by atoms with Crippen molar-refractivity contribution < 1.29 is 171 Å². The Kier molecular flexibility index (Phi) is 73.2. The molecule has 0 aromatic heterocycles. The van der Waals surface area contributed by atoms with E-state index >= 15 is 0 Å². The Hall–Kier alpha value is -5.34. The molecule has 19 nitrogen and oxygen atoms in total. The van der Waals surface area contributed by atoms with E-state index in [0.717, 1.165) is 69.8 Å². The quantitative estimate of drug-likeness (QED) is 0.00511. The van der Waals surface area contributed by atoms with E-state index in [0.29, 0.717) is 64.5 Å². The molecule has 0 aliphatic carbocycles. The number of aldehydes is 1. The van der Waals surface area contributed by atoms with E-state index in [1.807, 2.05) is 6.07 Å². The summed E-state index contributed by atoms with van der Waals surface area (Å²) in [6, 6.07) is 32.4. The number of hydrogen-bond acceptors (Lipinski definition) is 18. The van der Waals surface area contributed by atoms with Gasteiger partial charge >= 0.3 is 102 Å². The Bertz CT molecular complexity index is 2870. The van der Waals surface area contributed by atoms with E-state index in [4.69, 9.17) is 38.4 Å². The van der Waals surface area contributed by atoms with Crippen LogP contribution in [0.4, 0.5) is 0 Å². The zero-order chi connectivity index (χ0) is 70.0. The van der Waals surface area contributed by atoms with Gasteiger partial charge in [0.1, 0.15) is 6.29 Å². The summed E-state index contributed by atoms with van der Waals surface area (Å²) in [6.07, 6.45) is 25.0. The summed E-state index contributed by atoms with van der Waals surface area (Å²) in [5.74, 6) is -3.29. The van der Waals surface area contributed by atoms with Crippen LogP contribution in [-0.2, 0) is 23.9 Å². The van der Waals surface area contributed by atoms with Crippen molar-refractivity contribution >= 4 is 83.2 Å². The summed E-state index contributed by atoms with van der Waals surface area (Å²) in [6.45, 7) is 8.48. The molecule has 520 valence electrons. The minimum atomic E-state index is -1.24. The summed E-state index contributed by atoms with van der Waals surface area (Å²) in [5, 5.41) is 38.3. The van der Waals surface area contributed by atoms with E-state index < -0.39 is 30.0 Å². The van der Waals surface area contributed by atoms with E-state index in [1.165, 1.54) is 122 Å². The van der Waals surface area contributed by atoms with E-state index in [1.54, 1.807) is 84.9 Å². The van der Waals surface area contributed by atoms with Crippen LogP contribution in [0.15, 0.2) is 121 Å². The molecule has 97 heavy (non-hydrogen) atoms. The average Bonchev–Trinajstić information content (AvgIpc) is 0.988. The van der Waals surface area contributed by atoms with Crippen LogP contribution in [0.5, 0.6) is 0 Å². The fourth-order valence-electron chi connectivity index (χ4n) is 8.64. The number of Topliss-reactive ketones (excluding diaryl/α,β-unsaturated/α-hetero) is 3. The molecule has 0 amide bonds. The standard InChI is InChI=1S/C16H24O3.C16H22O3.2C15H20O3.C9H8O3.CH2Cl2.CH2O3.Li.2Na.H2O/c2*1-3-4-5-6-7-11-15(17)13-9-8-10-14(12-13)16(18)19-2;2*1-2-3-4-5-6-10-14(16)12-8-7-9-13(11-12)15(17)18;1-12-9(11)8-4-2-3-7(5-8)6-10;2-1-3;2-1-4-3;;;;/h8-10,12,15,17H,3-7,11H2,1-2H3;8-10,12H,3-7,11H2,1-2H3;2*7-9,11H,2-6,10H2,1H3,(H,17,18);2-6H,1H3;1H2;1,3H;;;;1H2/q;;;;;;;3*+1;/p-3. The van der Waals surface area contributed by atoms with Gasteiger partial charge in [-0.25, -0.2) is 19.2 Å². The summed E-state index contributed by atoms with van der Waals surface area (Å²) in [4.78, 5) is 112. The molecule has 5 aromatic rings. The topological polar surface area (TPSA) is 324 Å². The van der Waals surface area contributed by atoms with Gasteiger partial charge in [0, 0.05) is 41.5 Å². The molecule has 0 aliphatic rings. The fraction of sp³-hybridized carbons (Fsp3) is 0.452. The Morgan fingerprint density at radius 1 is 0.454 bits per heavy atom. The number of methoxy groups -OCH3 is 3. The van der Waals surface area contributed by atoms with Gasteiger partial charge in [0.15, 0.2) is 17.3 Å². The zero-order valence-corrected chi connectivity index (χ0v) is 64.1. The maximum Gasteiger partial charge on any atom is 1.00 e. The molecule has 1 atom stereocenters. The number of unbranched alkanes of at least 4 members (excludes halogenated alkanes) is 16. The Balaban J connectivity index is -0.000000259. The van der Waals surface area contributed by atoms with Crippen molar-refractivity contribution in [3.63, 3.8) is 0 Å². The molecule has 1 unspecified atom stereocenters. The smallest absolute Gasteiger partial charge is 0.870 e. The third kappa shape index (κ3) is 51.5. The van der Waals surface area contributed by atoms with Gasteiger partial charge in [0.05, 0.1) is 61.0 Å². The molecule has 3 N–H and O–H groups in total. The Morgan fingerprint density at radius 3 is 1.08 bits per heavy atom. The van der Waals surface area contributed by atoms with Gasteiger partial charge < -0.3 is 49.9 Å². The molecular formula is C73H97Cl2LiNa2O19. The van der Waals surface area contributed by atoms with Crippen molar-refractivity contribution in [2.24, 2.45) is 0 Å². The van der Waals surface area contributed by atoms with Crippen molar-refractivity contribution in [2.45, 2.75) is 188 Å². The maximum absolute atomic E-state index is 12.0. The van der Waals surface area contributed by atoms with Gasteiger partial charge in [-0.05, 0) is 91.4 Å². The number of aliphatic hydroxyl groups is 1. The molecule has 0 aliphatic heterocycles. The first-order valence-corrected chi connectivity index (χ1v) is 32.6. The molecule has 5 rings (SSSR count). The number of benzene rings is 5. The van der Waals surface area contributed by atoms with Crippen LogP contribution >= 0.6 is 23.2 Å². The number of carboxylic acids is 2. The van der Waals surface area contributed by atoms with Gasteiger partial charge in [0.2, 0.25) is 0 Å². The molecule has 0 heterocycles. The van der Waals surface area contributed by atoms with Crippen molar-refractivity contribution in [2.75, 3.05) is 26.7 Å². The van der Waals surface area contributed by atoms with Gasteiger partial charge in [0.25, 0.3) is 6.47 Å². The van der Waals surface area contributed by atoms with Crippen LogP contribution in [0.25, 0.3) is 0 Å². The van der Waals surface area contributed by atoms with Crippen molar-refractivity contribution in [1.29, 1.82) is 0 Å². The largest absolute Gasteiger partial charge is 1.00 e. The van der Waals surface area contributed by atoms with Gasteiger partial charge in [-0.15, -0.1) is 23.2 Å². The van der Waals surface area contributed by atoms with Crippen LogP contribution < -0.4 is 88.3 Å². The summed E-state index contributed by atoms with van der Waals surface area (Å²) >= 11 is 9.53. The SMILES string of the molecule is CCCCCCCC(=O)c1cccc(C(=O)O)c1.CCCCCCCC(=O)c1cccc(C(=O)OC)c1.CCCCCCCC(=O)c1cccc(C(=O)[O-])c1.CCCCCCCC(O)c1cccc(C(=O)OC)c1.COC(=O)c1cccc(C=O)c1.ClCCl.O=CO[O-].[Li+].[Na+].[Na+].[OH-]. The number of esters is 3. The van der Waals surface area contributed by atoms with E-state index in [9.17, 15) is 53.4 Å². The number of halogens is 2. The Labute approximate surface area is 640 Å². The number of ether oxygens (including phenoxy) is 3. The number of alkyl halides is 2. The summed E-state index contributed by atoms with van der Waals surface area (Å²) < 4.78 is 13.8. The Morgan fingerprint density at radius 2 is 0.742 bits per heavy atom. The number of carboxylic acid groups (broad SMARTS) is 2. The zero-order valence-electron chi connectivity index (χ0n) is 58.6. The molecule has 0 saturated carbocycles. The van der Waals surface area contributed by atoms with Gasteiger partial charge in [-0.3, -0.25) is 24.0 Å². The third-order valence-corrected chi connectivity index (χ3v) is 13.7. The first-order chi connectivity index (χ1) is 44.8. The fourth-order valence-corrected chi connectivity index (χ4v) is 8.64. The second-order valence-corrected chi connectivity index (χ2v) is 21.8.